The lowest BCUT2D eigenvalue weighted by Crippen LogP contribution is -2.46. The highest BCUT2D eigenvalue weighted by molar-refractivity contribution is 5.73. The Morgan fingerprint density at radius 2 is 2.19 bits per heavy atom. The first-order valence-corrected chi connectivity index (χ1v) is 7.18. The third-order valence-corrected chi connectivity index (χ3v) is 3.99. The van der Waals surface area contributed by atoms with Crippen LogP contribution in [0.4, 0.5) is 0 Å². The van der Waals surface area contributed by atoms with Gasteiger partial charge in [-0.25, -0.2) is 9.48 Å². The summed E-state index contributed by atoms with van der Waals surface area (Å²) in [5, 5.41) is 13.5. The van der Waals surface area contributed by atoms with E-state index in [4.69, 9.17) is 0 Å². The molecule has 7 nitrogen and oxygen atoms in total. The molecule has 0 amide bonds. The number of carbonyl (C=O) groups is 1. The van der Waals surface area contributed by atoms with Gasteiger partial charge in [-0.05, 0) is 31.5 Å². The Morgan fingerprint density at radius 3 is 2.95 bits per heavy atom. The number of fused-ring (bicyclic) bond motifs is 1. The van der Waals surface area contributed by atoms with Crippen molar-refractivity contribution in [1.82, 2.24) is 19.1 Å². The van der Waals surface area contributed by atoms with E-state index in [-0.39, 0.29) is 5.69 Å². The van der Waals surface area contributed by atoms with Gasteiger partial charge in [-0.15, -0.1) is 5.10 Å². The largest absolute Gasteiger partial charge is 0.480 e. The molecular formula is C14H18N4O3. The van der Waals surface area contributed by atoms with Crippen molar-refractivity contribution >= 4 is 11.6 Å². The maximum Gasteiger partial charge on any atom is 0.350 e. The van der Waals surface area contributed by atoms with Crippen LogP contribution in [0.3, 0.4) is 0 Å². The molecule has 3 heterocycles. The third kappa shape index (κ3) is 2.69. The van der Waals surface area contributed by atoms with Gasteiger partial charge in [0.05, 0.1) is 6.54 Å². The van der Waals surface area contributed by atoms with E-state index in [1.54, 1.807) is 18.3 Å². The average molecular weight is 290 g/mol. The molecule has 1 saturated heterocycles. The average Bonchev–Trinajstić information content (AvgIpc) is 2.82. The molecule has 1 aliphatic rings. The minimum atomic E-state index is -0.781. The summed E-state index contributed by atoms with van der Waals surface area (Å²) in [6, 6.07) is 4.95. The Balaban J connectivity index is 1.75. The summed E-state index contributed by atoms with van der Waals surface area (Å²) in [5.74, 6) is -0.781. The number of rotatable bonds is 4. The van der Waals surface area contributed by atoms with E-state index in [2.05, 4.69) is 5.10 Å². The summed E-state index contributed by atoms with van der Waals surface area (Å²) in [6.07, 6.45) is 4.31. The van der Waals surface area contributed by atoms with E-state index in [0.29, 0.717) is 25.2 Å². The molecule has 0 radical (unpaired) electrons. The number of carboxylic acid groups (broad SMARTS) is 1. The molecule has 0 aliphatic carbocycles. The zero-order valence-electron chi connectivity index (χ0n) is 11.7. The standard InChI is InChI=1S/C14H18N4O3/c19-13(20)11-5-1-3-7-16(11)9-10-18-14(21)17-8-4-2-6-12(17)15-18/h2,4,6,8,11H,1,3,5,7,9-10H2,(H,19,20). The number of likely N-dealkylation sites (tertiary alicyclic amines) is 1. The smallest absolute Gasteiger partial charge is 0.350 e. The number of carboxylic acids is 1. The molecule has 1 fully saturated rings. The van der Waals surface area contributed by atoms with Crippen molar-refractivity contribution in [2.45, 2.75) is 31.8 Å². The summed E-state index contributed by atoms with van der Waals surface area (Å²) >= 11 is 0. The van der Waals surface area contributed by atoms with Crippen LogP contribution in [0.15, 0.2) is 29.2 Å². The predicted octanol–water partition coefficient (Wildman–Crippen LogP) is 0.435. The number of aromatic nitrogens is 3. The van der Waals surface area contributed by atoms with Gasteiger partial charge in [0.15, 0.2) is 5.65 Å². The number of nitrogens with zero attached hydrogens (tertiary/aromatic N) is 4. The van der Waals surface area contributed by atoms with Gasteiger partial charge in [-0.1, -0.05) is 12.5 Å². The molecule has 0 spiro atoms. The SMILES string of the molecule is O=C(O)C1CCCCN1CCn1nc2ccccn2c1=O. The summed E-state index contributed by atoms with van der Waals surface area (Å²) in [5.41, 5.74) is 0.422. The first-order chi connectivity index (χ1) is 10.2. The fourth-order valence-corrected chi connectivity index (χ4v) is 2.88. The third-order valence-electron chi connectivity index (χ3n) is 3.99. The highest BCUT2D eigenvalue weighted by atomic mass is 16.4. The van der Waals surface area contributed by atoms with Crippen molar-refractivity contribution in [3.05, 3.63) is 34.9 Å². The van der Waals surface area contributed by atoms with Gasteiger partial charge in [0.25, 0.3) is 0 Å². The van der Waals surface area contributed by atoms with Crippen molar-refractivity contribution in [2.24, 2.45) is 0 Å². The van der Waals surface area contributed by atoms with Crippen LogP contribution in [0.25, 0.3) is 5.65 Å². The van der Waals surface area contributed by atoms with Crippen LogP contribution in [0.2, 0.25) is 0 Å². The minimum Gasteiger partial charge on any atom is -0.480 e. The lowest BCUT2D eigenvalue weighted by molar-refractivity contribution is -0.144. The molecule has 0 bridgehead atoms. The quantitative estimate of drug-likeness (QED) is 0.883. The minimum absolute atomic E-state index is 0.186. The van der Waals surface area contributed by atoms with E-state index in [1.165, 1.54) is 9.08 Å². The van der Waals surface area contributed by atoms with Gasteiger partial charge in [-0.3, -0.25) is 14.1 Å². The Labute approximate surface area is 121 Å². The van der Waals surface area contributed by atoms with Crippen LogP contribution in [0.5, 0.6) is 0 Å². The zero-order valence-corrected chi connectivity index (χ0v) is 11.7. The molecule has 0 aromatic carbocycles. The molecule has 7 heteroatoms. The van der Waals surface area contributed by atoms with Crippen molar-refractivity contribution in [2.75, 3.05) is 13.1 Å². The zero-order chi connectivity index (χ0) is 14.8. The van der Waals surface area contributed by atoms with E-state index in [9.17, 15) is 14.7 Å². The Kier molecular flexibility index (Phi) is 3.74. The van der Waals surface area contributed by atoms with Crippen LogP contribution < -0.4 is 5.69 Å². The molecule has 1 atom stereocenters. The van der Waals surface area contributed by atoms with Crippen molar-refractivity contribution in [1.29, 1.82) is 0 Å². The normalized spacial score (nSPS) is 19.9. The van der Waals surface area contributed by atoms with Gasteiger partial charge >= 0.3 is 11.7 Å². The summed E-state index contributed by atoms with van der Waals surface area (Å²) in [4.78, 5) is 25.3. The predicted molar refractivity (Wildman–Crippen MR) is 76.3 cm³/mol. The molecule has 2 aromatic heterocycles. The highest BCUT2D eigenvalue weighted by Gasteiger charge is 2.28. The topological polar surface area (TPSA) is 79.8 Å². The molecule has 112 valence electrons. The van der Waals surface area contributed by atoms with Crippen LogP contribution in [-0.2, 0) is 11.3 Å². The molecule has 1 unspecified atom stereocenters. The van der Waals surface area contributed by atoms with Crippen molar-refractivity contribution < 1.29 is 9.90 Å². The number of aliphatic carboxylic acids is 1. The molecule has 1 aliphatic heterocycles. The van der Waals surface area contributed by atoms with Crippen LogP contribution >= 0.6 is 0 Å². The van der Waals surface area contributed by atoms with Gasteiger partial charge in [0, 0.05) is 12.7 Å². The van der Waals surface area contributed by atoms with Crippen LogP contribution in [-0.4, -0.2) is 49.3 Å². The molecule has 0 saturated carbocycles. The van der Waals surface area contributed by atoms with E-state index in [0.717, 1.165) is 19.4 Å². The Morgan fingerprint density at radius 1 is 1.33 bits per heavy atom. The van der Waals surface area contributed by atoms with E-state index >= 15 is 0 Å². The van der Waals surface area contributed by atoms with E-state index < -0.39 is 12.0 Å². The molecule has 2 aromatic rings. The fourth-order valence-electron chi connectivity index (χ4n) is 2.88. The number of hydrogen-bond donors (Lipinski definition) is 1. The van der Waals surface area contributed by atoms with Crippen molar-refractivity contribution in [3.8, 4) is 0 Å². The van der Waals surface area contributed by atoms with Gasteiger partial charge in [-0.2, -0.15) is 0 Å². The van der Waals surface area contributed by atoms with Crippen LogP contribution in [0.1, 0.15) is 19.3 Å². The monoisotopic (exact) mass is 290 g/mol. The fraction of sp³-hybridized carbons (Fsp3) is 0.500. The van der Waals surface area contributed by atoms with E-state index in [1.807, 2.05) is 11.0 Å². The number of piperidine rings is 1. The lowest BCUT2D eigenvalue weighted by atomic mass is 10.0. The molecule has 21 heavy (non-hydrogen) atoms. The first kappa shape index (κ1) is 13.8. The number of pyridine rings is 1. The van der Waals surface area contributed by atoms with Crippen molar-refractivity contribution in [3.63, 3.8) is 0 Å². The molecule has 1 N–H and O–H groups in total. The van der Waals surface area contributed by atoms with Gasteiger partial charge < -0.3 is 5.11 Å². The summed E-state index contributed by atoms with van der Waals surface area (Å²) in [6.45, 7) is 1.70. The summed E-state index contributed by atoms with van der Waals surface area (Å²) < 4.78 is 2.90. The summed E-state index contributed by atoms with van der Waals surface area (Å²) in [7, 11) is 0. The highest BCUT2D eigenvalue weighted by Crippen LogP contribution is 2.16. The van der Waals surface area contributed by atoms with Gasteiger partial charge in [0.1, 0.15) is 6.04 Å². The Bertz CT molecular complexity index is 706. The maximum absolute atomic E-state index is 12.1. The maximum atomic E-state index is 12.1. The second-order valence-electron chi connectivity index (χ2n) is 5.32. The number of hydrogen-bond acceptors (Lipinski definition) is 4. The lowest BCUT2D eigenvalue weighted by Gasteiger charge is -2.32. The molecule has 3 rings (SSSR count). The van der Waals surface area contributed by atoms with Crippen LogP contribution in [0, 0.1) is 0 Å². The second-order valence-corrected chi connectivity index (χ2v) is 5.32. The molecular weight excluding hydrogens is 272 g/mol. The first-order valence-electron chi connectivity index (χ1n) is 7.18. The Hall–Kier alpha value is -2.15. The van der Waals surface area contributed by atoms with Gasteiger partial charge in [0.2, 0.25) is 0 Å². The second kappa shape index (κ2) is 5.69.